The summed E-state index contributed by atoms with van der Waals surface area (Å²) in [7, 11) is 3.47. The number of ether oxygens (including phenoxy) is 1. The lowest BCUT2D eigenvalue weighted by atomic mass is 10.0. The number of anilines is 4. The highest BCUT2D eigenvalue weighted by Crippen LogP contribution is 2.36. The number of carbonyl (C=O) groups excluding carboxylic acids is 1. The summed E-state index contributed by atoms with van der Waals surface area (Å²) in [4.78, 5) is 20.5. The van der Waals surface area contributed by atoms with Crippen LogP contribution in [0.4, 0.5) is 23.1 Å². The van der Waals surface area contributed by atoms with Crippen molar-refractivity contribution < 1.29 is 9.53 Å². The highest BCUT2D eigenvalue weighted by Gasteiger charge is 2.19. The number of methoxy groups -OCH3 is 1. The van der Waals surface area contributed by atoms with Crippen molar-refractivity contribution in [3.8, 4) is 16.9 Å². The predicted molar refractivity (Wildman–Crippen MR) is 110 cm³/mol. The predicted octanol–water partition coefficient (Wildman–Crippen LogP) is 3.74. The van der Waals surface area contributed by atoms with Gasteiger partial charge in [-0.1, -0.05) is 12.1 Å². The second kappa shape index (κ2) is 7.19. The summed E-state index contributed by atoms with van der Waals surface area (Å²) in [6.45, 7) is 1.92. The van der Waals surface area contributed by atoms with Gasteiger partial charge in [-0.2, -0.15) is 4.98 Å². The molecule has 0 unspecified atom stereocenters. The summed E-state index contributed by atoms with van der Waals surface area (Å²) in [6.07, 6.45) is 0.423. The number of nitrogens with zero attached hydrogens (tertiary/aromatic N) is 2. The highest BCUT2D eigenvalue weighted by molar-refractivity contribution is 6.00. The Hall–Kier alpha value is -3.61. The molecule has 0 saturated carbocycles. The van der Waals surface area contributed by atoms with E-state index in [9.17, 15) is 4.79 Å². The van der Waals surface area contributed by atoms with E-state index in [-0.39, 0.29) is 5.91 Å². The monoisotopic (exact) mass is 375 g/mol. The Balaban J connectivity index is 1.70. The molecule has 7 heteroatoms. The second-order valence-corrected chi connectivity index (χ2v) is 6.61. The summed E-state index contributed by atoms with van der Waals surface area (Å²) in [5.41, 5.74) is 5.44. The van der Waals surface area contributed by atoms with Gasteiger partial charge < -0.3 is 20.7 Å². The first-order chi connectivity index (χ1) is 13.6. The average molecular weight is 375 g/mol. The summed E-state index contributed by atoms with van der Waals surface area (Å²) in [6, 6.07) is 13.6. The first-order valence-corrected chi connectivity index (χ1v) is 8.97. The Morgan fingerprint density at radius 3 is 2.75 bits per heavy atom. The van der Waals surface area contributed by atoms with Gasteiger partial charge >= 0.3 is 0 Å². The van der Waals surface area contributed by atoms with Crippen LogP contribution in [0.15, 0.2) is 42.5 Å². The smallest absolute Gasteiger partial charge is 0.229 e. The number of fused-ring (bicyclic) bond motifs is 1. The van der Waals surface area contributed by atoms with Gasteiger partial charge in [0.1, 0.15) is 11.6 Å². The van der Waals surface area contributed by atoms with Crippen LogP contribution in [0.1, 0.15) is 11.3 Å². The molecular weight excluding hydrogens is 354 g/mol. The summed E-state index contributed by atoms with van der Waals surface area (Å²) in [5, 5.41) is 9.18. The van der Waals surface area contributed by atoms with Crippen LogP contribution in [0.2, 0.25) is 0 Å². The fourth-order valence-corrected chi connectivity index (χ4v) is 3.27. The van der Waals surface area contributed by atoms with E-state index in [0.29, 0.717) is 12.4 Å². The molecule has 3 N–H and O–H groups in total. The summed E-state index contributed by atoms with van der Waals surface area (Å²) < 4.78 is 5.54. The molecule has 0 atom stereocenters. The molecule has 0 radical (unpaired) electrons. The molecule has 3 aromatic rings. The van der Waals surface area contributed by atoms with Crippen LogP contribution >= 0.6 is 0 Å². The number of amides is 1. The number of aryl methyl sites for hydroxylation is 1. The van der Waals surface area contributed by atoms with Crippen molar-refractivity contribution in [2.24, 2.45) is 0 Å². The van der Waals surface area contributed by atoms with Gasteiger partial charge in [0.25, 0.3) is 0 Å². The fraction of sp³-hybridized carbons (Fsp3) is 0.190. The van der Waals surface area contributed by atoms with E-state index in [2.05, 4.69) is 25.9 Å². The minimum absolute atomic E-state index is 0.0199. The number of benzene rings is 2. The zero-order valence-corrected chi connectivity index (χ0v) is 16.0. The Kier molecular flexibility index (Phi) is 4.57. The molecule has 0 spiro atoms. The first kappa shape index (κ1) is 17.8. The second-order valence-electron chi connectivity index (χ2n) is 6.61. The average Bonchev–Trinajstić information content (AvgIpc) is 3.06. The molecule has 1 amide bonds. The van der Waals surface area contributed by atoms with Gasteiger partial charge in [-0.3, -0.25) is 4.79 Å². The van der Waals surface area contributed by atoms with E-state index < -0.39 is 0 Å². The van der Waals surface area contributed by atoms with Crippen molar-refractivity contribution in [2.75, 3.05) is 30.1 Å². The molecule has 142 valence electrons. The summed E-state index contributed by atoms with van der Waals surface area (Å²) >= 11 is 0. The number of hydrogen-bond donors (Lipinski definition) is 3. The molecule has 0 bridgehead atoms. The van der Waals surface area contributed by atoms with Gasteiger partial charge in [-0.25, -0.2) is 4.98 Å². The highest BCUT2D eigenvalue weighted by atomic mass is 16.5. The number of hydrogen-bond acceptors (Lipinski definition) is 6. The molecular formula is C21H21N5O2. The topological polar surface area (TPSA) is 88.2 Å². The lowest BCUT2D eigenvalue weighted by Crippen LogP contribution is -2.03. The van der Waals surface area contributed by atoms with E-state index in [0.717, 1.165) is 45.3 Å². The number of aromatic nitrogens is 2. The molecule has 1 aliphatic rings. The van der Waals surface area contributed by atoms with E-state index in [1.807, 2.05) is 56.4 Å². The lowest BCUT2D eigenvalue weighted by molar-refractivity contribution is -0.115. The number of rotatable bonds is 5. The molecule has 0 saturated heterocycles. The third-order valence-corrected chi connectivity index (χ3v) is 4.61. The van der Waals surface area contributed by atoms with Gasteiger partial charge in [0.05, 0.1) is 13.5 Å². The van der Waals surface area contributed by atoms with Crippen molar-refractivity contribution in [2.45, 2.75) is 13.3 Å². The third-order valence-electron chi connectivity index (χ3n) is 4.61. The molecule has 2 aromatic carbocycles. The van der Waals surface area contributed by atoms with E-state index in [1.165, 1.54) is 0 Å². The number of carbonyl (C=O) groups is 1. The molecule has 4 rings (SSSR count). The summed E-state index contributed by atoms with van der Waals surface area (Å²) in [5.74, 6) is 2.03. The minimum Gasteiger partial charge on any atom is -0.496 e. The minimum atomic E-state index is 0.0199. The van der Waals surface area contributed by atoms with Gasteiger partial charge in [0.15, 0.2) is 0 Å². The molecule has 7 nitrogen and oxygen atoms in total. The Morgan fingerprint density at radius 2 is 1.96 bits per heavy atom. The fourth-order valence-electron chi connectivity index (χ4n) is 3.27. The molecule has 0 aliphatic carbocycles. The zero-order valence-electron chi connectivity index (χ0n) is 16.0. The molecule has 2 heterocycles. The van der Waals surface area contributed by atoms with Crippen LogP contribution in [-0.2, 0) is 11.2 Å². The maximum atomic E-state index is 11.6. The largest absolute Gasteiger partial charge is 0.496 e. The molecule has 0 fully saturated rings. The van der Waals surface area contributed by atoms with Crippen molar-refractivity contribution in [1.82, 2.24) is 9.97 Å². The van der Waals surface area contributed by atoms with Crippen LogP contribution in [0.3, 0.4) is 0 Å². The Bertz CT molecular complexity index is 1060. The van der Waals surface area contributed by atoms with E-state index in [1.54, 1.807) is 7.11 Å². The van der Waals surface area contributed by atoms with Crippen LogP contribution in [0, 0.1) is 6.92 Å². The van der Waals surface area contributed by atoms with Crippen molar-refractivity contribution in [3.05, 3.63) is 53.7 Å². The van der Waals surface area contributed by atoms with Gasteiger partial charge in [0.2, 0.25) is 11.9 Å². The molecule has 1 aliphatic heterocycles. The standard InChI is InChI=1S/C21H21N5O2/c1-12-8-19(22-2)26-21(23-12)24-15-6-7-18(28-3)16(11-15)13-4-5-14-10-20(27)25-17(14)9-13/h4-9,11H,10H2,1-3H3,(H,25,27)(H2,22,23,24,26). The van der Waals surface area contributed by atoms with Crippen LogP contribution in [0.5, 0.6) is 5.75 Å². The Labute approximate surface area is 163 Å². The quantitative estimate of drug-likeness (QED) is 0.630. The van der Waals surface area contributed by atoms with Crippen LogP contribution in [-0.4, -0.2) is 30.0 Å². The van der Waals surface area contributed by atoms with Crippen molar-refractivity contribution in [1.29, 1.82) is 0 Å². The Morgan fingerprint density at radius 1 is 1.11 bits per heavy atom. The maximum Gasteiger partial charge on any atom is 0.229 e. The first-order valence-electron chi connectivity index (χ1n) is 8.97. The van der Waals surface area contributed by atoms with Crippen LogP contribution < -0.4 is 20.7 Å². The van der Waals surface area contributed by atoms with Crippen molar-refractivity contribution in [3.63, 3.8) is 0 Å². The molecule has 1 aromatic heterocycles. The van der Waals surface area contributed by atoms with Gasteiger partial charge in [-0.05, 0) is 42.3 Å². The zero-order chi connectivity index (χ0) is 19.7. The number of nitrogens with one attached hydrogen (secondary N) is 3. The third kappa shape index (κ3) is 3.46. The normalized spacial score (nSPS) is 12.3. The lowest BCUT2D eigenvalue weighted by Gasteiger charge is -2.13. The van der Waals surface area contributed by atoms with E-state index >= 15 is 0 Å². The SMILES string of the molecule is CNc1cc(C)nc(Nc2ccc(OC)c(-c3ccc4c(c3)NC(=O)C4)c2)n1. The van der Waals surface area contributed by atoms with Crippen molar-refractivity contribution >= 4 is 29.0 Å². The van der Waals surface area contributed by atoms with Gasteiger partial charge in [0, 0.05) is 35.7 Å². The van der Waals surface area contributed by atoms with E-state index in [4.69, 9.17) is 4.74 Å². The molecule has 28 heavy (non-hydrogen) atoms. The van der Waals surface area contributed by atoms with Gasteiger partial charge in [-0.15, -0.1) is 0 Å². The maximum absolute atomic E-state index is 11.6. The van der Waals surface area contributed by atoms with Crippen LogP contribution in [0.25, 0.3) is 11.1 Å².